The summed E-state index contributed by atoms with van der Waals surface area (Å²) >= 11 is 0. The summed E-state index contributed by atoms with van der Waals surface area (Å²) in [6.07, 6.45) is 2.78. The Bertz CT molecular complexity index is 404. The Morgan fingerprint density at radius 2 is 1.80 bits per heavy atom. The molecule has 0 saturated heterocycles. The van der Waals surface area contributed by atoms with Gasteiger partial charge >= 0.3 is 5.97 Å². The van der Waals surface area contributed by atoms with Crippen molar-refractivity contribution in [3.05, 3.63) is 18.1 Å². The van der Waals surface area contributed by atoms with Gasteiger partial charge in [-0.05, 0) is 13.8 Å². The predicted octanol–water partition coefficient (Wildman–Crippen LogP) is 1.05. The van der Waals surface area contributed by atoms with Crippen molar-refractivity contribution in [2.75, 3.05) is 44.4 Å². The normalized spacial score (nSPS) is 10.5. The van der Waals surface area contributed by atoms with Crippen molar-refractivity contribution in [3.8, 4) is 0 Å². The lowest BCUT2D eigenvalue weighted by Gasteiger charge is -2.23. The molecule has 1 heterocycles. The van der Waals surface area contributed by atoms with Crippen LogP contribution in [0.15, 0.2) is 12.4 Å². The van der Waals surface area contributed by atoms with Crippen LogP contribution in [0.4, 0.5) is 5.82 Å². The summed E-state index contributed by atoms with van der Waals surface area (Å²) in [6.45, 7) is 7.44. The quantitative estimate of drug-likeness (QED) is 0.642. The lowest BCUT2D eigenvalue weighted by Crippen LogP contribution is -2.32. The fraction of sp³-hybridized carbons (Fsp3) is 0.615. The van der Waals surface area contributed by atoms with E-state index in [1.54, 1.807) is 6.20 Å². The first-order valence-electron chi connectivity index (χ1n) is 6.64. The number of carbonyl (C=O) groups is 1. The second-order valence-corrected chi connectivity index (χ2v) is 3.95. The summed E-state index contributed by atoms with van der Waals surface area (Å²) in [4.78, 5) is 20.8. The molecule has 1 aromatic heterocycles. The minimum atomic E-state index is -1.09. The Morgan fingerprint density at radius 3 is 2.30 bits per heavy atom. The summed E-state index contributed by atoms with van der Waals surface area (Å²) in [7, 11) is 0. The molecule has 1 N–H and O–H groups in total. The number of carboxylic acids is 1. The van der Waals surface area contributed by atoms with Gasteiger partial charge in [-0.3, -0.25) is 4.98 Å². The zero-order valence-corrected chi connectivity index (χ0v) is 11.9. The van der Waals surface area contributed by atoms with Gasteiger partial charge < -0.3 is 19.5 Å². The summed E-state index contributed by atoms with van der Waals surface area (Å²) in [5.74, 6) is -0.571. The third-order valence-electron chi connectivity index (χ3n) is 2.58. The van der Waals surface area contributed by atoms with E-state index in [1.165, 1.54) is 6.20 Å². The fourth-order valence-corrected chi connectivity index (χ4v) is 1.59. The van der Waals surface area contributed by atoms with E-state index < -0.39 is 5.97 Å². The first-order chi connectivity index (χ1) is 9.69. The molecule has 0 fully saturated rings. The van der Waals surface area contributed by atoms with Crippen LogP contribution in [-0.2, 0) is 9.47 Å². The molecule has 1 rings (SSSR count). The van der Waals surface area contributed by atoms with Crippen LogP contribution in [0, 0.1) is 0 Å². The van der Waals surface area contributed by atoms with E-state index in [0.717, 1.165) is 0 Å². The highest BCUT2D eigenvalue weighted by Crippen LogP contribution is 2.09. The van der Waals surface area contributed by atoms with Crippen LogP contribution in [0.2, 0.25) is 0 Å². The van der Waals surface area contributed by atoms with E-state index in [9.17, 15) is 4.79 Å². The maximum absolute atomic E-state index is 10.9. The van der Waals surface area contributed by atoms with E-state index in [0.29, 0.717) is 45.3 Å². The molecular formula is C13H21N3O4. The minimum Gasteiger partial charge on any atom is -0.476 e. The van der Waals surface area contributed by atoms with E-state index in [1.807, 2.05) is 18.7 Å². The van der Waals surface area contributed by atoms with Crippen LogP contribution in [0.1, 0.15) is 24.3 Å². The third kappa shape index (κ3) is 5.50. The monoisotopic (exact) mass is 283 g/mol. The summed E-state index contributed by atoms with van der Waals surface area (Å²) in [6, 6.07) is 0. The average Bonchev–Trinajstić information content (AvgIpc) is 2.46. The van der Waals surface area contributed by atoms with Crippen LogP contribution >= 0.6 is 0 Å². The van der Waals surface area contributed by atoms with Crippen molar-refractivity contribution in [2.24, 2.45) is 0 Å². The molecular weight excluding hydrogens is 262 g/mol. The van der Waals surface area contributed by atoms with Gasteiger partial charge in [0, 0.05) is 26.3 Å². The number of anilines is 1. The highest BCUT2D eigenvalue weighted by molar-refractivity contribution is 5.85. The first-order valence-corrected chi connectivity index (χ1v) is 6.64. The Hall–Kier alpha value is -1.73. The van der Waals surface area contributed by atoms with Crippen LogP contribution in [-0.4, -0.2) is 60.6 Å². The number of nitrogens with zero attached hydrogens (tertiary/aromatic N) is 3. The van der Waals surface area contributed by atoms with Crippen molar-refractivity contribution < 1.29 is 19.4 Å². The molecule has 0 radical (unpaired) electrons. The molecule has 112 valence electrons. The van der Waals surface area contributed by atoms with Crippen LogP contribution < -0.4 is 4.90 Å². The van der Waals surface area contributed by atoms with Gasteiger partial charge in [0.2, 0.25) is 0 Å². The zero-order chi connectivity index (χ0) is 14.8. The zero-order valence-electron chi connectivity index (χ0n) is 11.9. The maximum atomic E-state index is 10.9. The summed E-state index contributed by atoms with van der Waals surface area (Å²) in [5.41, 5.74) is -0.0691. The van der Waals surface area contributed by atoms with Gasteiger partial charge in [0.15, 0.2) is 5.69 Å². The summed E-state index contributed by atoms with van der Waals surface area (Å²) in [5, 5.41) is 8.95. The van der Waals surface area contributed by atoms with Crippen molar-refractivity contribution in [2.45, 2.75) is 13.8 Å². The van der Waals surface area contributed by atoms with E-state index >= 15 is 0 Å². The number of ether oxygens (including phenoxy) is 2. The number of hydrogen-bond donors (Lipinski definition) is 1. The second-order valence-electron chi connectivity index (χ2n) is 3.95. The molecule has 0 aromatic carbocycles. The van der Waals surface area contributed by atoms with Crippen LogP contribution in [0.25, 0.3) is 0 Å². The maximum Gasteiger partial charge on any atom is 0.356 e. The lowest BCUT2D eigenvalue weighted by molar-refractivity contribution is 0.0690. The minimum absolute atomic E-state index is 0.0691. The molecule has 0 aliphatic carbocycles. The van der Waals surface area contributed by atoms with Gasteiger partial charge in [0.05, 0.1) is 25.6 Å². The van der Waals surface area contributed by atoms with Crippen LogP contribution in [0.3, 0.4) is 0 Å². The molecule has 0 aliphatic heterocycles. The molecule has 0 aliphatic rings. The van der Waals surface area contributed by atoms with Gasteiger partial charge in [-0.25, -0.2) is 9.78 Å². The molecule has 0 unspecified atom stereocenters. The fourth-order valence-electron chi connectivity index (χ4n) is 1.59. The second kappa shape index (κ2) is 9.22. The molecule has 20 heavy (non-hydrogen) atoms. The van der Waals surface area contributed by atoms with Crippen molar-refractivity contribution >= 4 is 11.8 Å². The van der Waals surface area contributed by atoms with Gasteiger partial charge in [-0.2, -0.15) is 0 Å². The molecule has 1 aromatic rings. The Morgan fingerprint density at radius 1 is 1.20 bits per heavy atom. The number of carboxylic acid groups (broad SMARTS) is 1. The number of aromatic carboxylic acids is 1. The standard InChI is InChI=1S/C13H21N3O4/c1-3-19-7-5-16(6-8-20-4-2)12-10-14-9-11(15-12)13(17)18/h9-10H,3-8H2,1-2H3,(H,17,18). The van der Waals surface area contributed by atoms with Gasteiger partial charge in [0.1, 0.15) is 5.82 Å². The molecule has 0 atom stereocenters. The number of hydrogen-bond acceptors (Lipinski definition) is 6. The smallest absolute Gasteiger partial charge is 0.356 e. The van der Waals surface area contributed by atoms with Crippen LogP contribution in [0.5, 0.6) is 0 Å². The SMILES string of the molecule is CCOCCN(CCOCC)c1cncc(C(=O)O)n1. The molecule has 7 nitrogen and oxygen atoms in total. The van der Waals surface area contributed by atoms with Gasteiger partial charge in [-0.1, -0.05) is 0 Å². The third-order valence-corrected chi connectivity index (χ3v) is 2.58. The average molecular weight is 283 g/mol. The largest absolute Gasteiger partial charge is 0.476 e. The highest BCUT2D eigenvalue weighted by atomic mass is 16.5. The molecule has 7 heteroatoms. The first kappa shape index (κ1) is 16.3. The molecule has 0 saturated carbocycles. The molecule has 0 bridgehead atoms. The van der Waals surface area contributed by atoms with E-state index in [-0.39, 0.29) is 5.69 Å². The number of aromatic nitrogens is 2. The topological polar surface area (TPSA) is 84.8 Å². The Labute approximate surface area is 118 Å². The number of rotatable bonds is 10. The Balaban J connectivity index is 2.73. The van der Waals surface area contributed by atoms with E-state index in [4.69, 9.17) is 14.6 Å². The van der Waals surface area contributed by atoms with Gasteiger partial charge in [-0.15, -0.1) is 0 Å². The van der Waals surface area contributed by atoms with Crippen molar-refractivity contribution in [3.63, 3.8) is 0 Å². The molecule has 0 amide bonds. The van der Waals surface area contributed by atoms with Crippen molar-refractivity contribution in [1.82, 2.24) is 9.97 Å². The highest BCUT2D eigenvalue weighted by Gasteiger charge is 2.12. The van der Waals surface area contributed by atoms with Crippen molar-refractivity contribution in [1.29, 1.82) is 0 Å². The molecule has 0 spiro atoms. The van der Waals surface area contributed by atoms with E-state index in [2.05, 4.69) is 9.97 Å². The summed E-state index contributed by atoms with van der Waals surface area (Å²) < 4.78 is 10.6. The Kier molecular flexibility index (Phi) is 7.52. The lowest BCUT2D eigenvalue weighted by atomic mass is 10.4. The predicted molar refractivity (Wildman–Crippen MR) is 74.2 cm³/mol. The van der Waals surface area contributed by atoms with Gasteiger partial charge in [0.25, 0.3) is 0 Å².